The van der Waals surface area contributed by atoms with Crippen LogP contribution in [0.5, 0.6) is 0 Å². The largest absolute Gasteiger partial charge is 0.461 e. The second kappa shape index (κ2) is 4.71. The van der Waals surface area contributed by atoms with Crippen molar-refractivity contribution in [3.05, 3.63) is 11.6 Å². The van der Waals surface area contributed by atoms with Gasteiger partial charge in [-0.15, -0.1) is 0 Å². The fourth-order valence-corrected chi connectivity index (χ4v) is 1.34. The van der Waals surface area contributed by atoms with E-state index in [0.717, 1.165) is 0 Å². The average molecular weight is 218 g/mol. The van der Waals surface area contributed by atoms with Crippen molar-refractivity contribution in [1.82, 2.24) is 0 Å². The molecule has 0 bridgehead atoms. The molecule has 15 heavy (non-hydrogen) atoms. The molecule has 0 saturated heterocycles. The molecule has 1 aliphatic rings. The lowest BCUT2D eigenvalue weighted by Crippen LogP contribution is -2.49. The lowest BCUT2D eigenvalue weighted by molar-refractivity contribution is -0.141. The Balaban J connectivity index is 2.70. The molecule has 0 saturated carbocycles. The van der Waals surface area contributed by atoms with Crippen LogP contribution in [0.1, 0.15) is 6.92 Å². The van der Waals surface area contributed by atoms with Gasteiger partial charge in [-0.1, -0.05) is 0 Å². The number of carbonyl (C=O) groups is 1. The van der Waals surface area contributed by atoms with Gasteiger partial charge in [-0.2, -0.15) is 0 Å². The summed E-state index contributed by atoms with van der Waals surface area (Å²) in [6, 6.07) is 0. The SMILES string of the molecule is CC(=O)OCC1=C[C@@H](O)[C@H](O)[C@@H](O)[C@@H]1O. The van der Waals surface area contributed by atoms with Crippen LogP contribution < -0.4 is 0 Å². The minimum atomic E-state index is -1.48. The number of esters is 1. The standard InChI is InChI=1S/C9H14O6/c1-4(10)15-3-5-2-6(11)8(13)9(14)7(5)12/h2,6-9,11-14H,3H2,1H3/t6-,7-,8+,9+/m1/s1. The van der Waals surface area contributed by atoms with Gasteiger partial charge in [0.15, 0.2) is 0 Å². The molecule has 6 nitrogen and oxygen atoms in total. The Kier molecular flexibility index (Phi) is 3.81. The molecular weight excluding hydrogens is 204 g/mol. The zero-order valence-electron chi connectivity index (χ0n) is 8.20. The smallest absolute Gasteiger partial charge is 0.302 e. The van der Waals surface area contributed by atoms with E-state index in [4.69, 9.17) is 0 Å². The second-order valence-corrected chi connectivity index (χ2v) is 3.44. The summed E-state index contributed by atoms with van der Waals surface area (Å²) in [6.45, 7) is 0.995. The molecule has 0 aromatic heterocycles. The van der Waals surface area contributed by atoms with Crippen molar-refractivity contribution in [1.29, 1.82) is 0 Å². The van der Waals surface area contributed by atoms with E-state index in [1.807, 2.05) is 0 Å². The lowest BCUT2D eigenvalue weighted by atomic mass is 9.90. The number of hydrogen-bond acceptors (Lipinski definition) is 6. The van der Waals surface area contributed by atoms with Crippen molar-refractivity contribution in [2.75, 3.05) is 6.61 Å². The van der Waals surface area contributed by atoms with Gasteiger partial charge >= 0.3 is 5.97 Å². The number of carbonyl (C=O) groups excluding carboxylic acids is 1. The first kappa shape index (κ1) is 12.1. The molecule has 0 spiro atoms. The summed E-state index contributed by atoms with van der Waals surface area (Å²) in [5.41, 5.74) is 0.176. The van der Waals surface area contributed by atoms with Crippen molar-refractivity contribution in [3.63, 3.8) is 0 Å². The Labute approximate surface area is 86.4 Å². The van der Waals surface area contributed by atoms with E-state index in [9.17, 15) is 25.2 Å². The minimum Gasteiger partial charge on any atom is -0.461 e. The van der Waals surface area contributed by atoms with Crippen LogP contribution in [0.4, 0.5) is 0 Å². The van der Waals surface area contributed by atoms with Gasteiger partial charge in [0.2, 0.25) is 0 Å². The number of aliphatic hydroxyl groups is 4. The third-order valence-electron chi connectivity index (χ3n) is 2.23. The van der Waals surface area contributed by atoms with E-state index in [2.05, 4.69) is 4.74 Å². The van der Waals surface area contributed by atoms with Crippen molar-refractivity contribution in [2.24, 2.45) is 0 Å². The van der Waals surface area contributed by atoms with E-state index in [0.29, 0.717) is 0 Å². The van der Waals surface area contributed by atoms with Crippen LogP contribution in [0.15, 0.2) is 11.6 Å². The van der Waals surface area contributed by atoms with Gasteiger partial charge in [0, 0.05) is 6.92 Å². The van der Waals surface area contributed by atoms with Crippen LogP contribution in [0, 0.1) is 0 Å². The van der Waals surface area contributed by atoms with Gasteiger partial charge in [-0.3, -0.25) is 4.79 Å². The molecule has 0 radical (unpaired) electrons. The molecule has 86 valence electrons. The number of rotatable bonds is 2. The normalized spacial score (nSPS) is 35.9. The molecule has 6 heteroatoms. The first-order valence-electron chi connectivity index (χ1n) is 4.49. The molecule has 0 unspecified atom stereocenters. The van der Waals surface area contributed by atoms with E-state index in [-0.39, 0.29) is 12.2 Å². The average Bonchev–Trinajstić information content (AvgIpc) is 2.18. The highest BCUT2D eigenvalue weighted by Gasteiger charge is 2.36. The predicted octanol–water partition coefficient (Wildman–Crippen LogP) is -2.07. The summed E-state index contributed by atoms with van der Waals surface area (Å²) >= 11 is 0. The molecule has 0 aliphatic heterocycles. The van der Waals surface area contributed by atoms with Gasteiger partial charge in [0.1, 0.15) is 31.0 Å². The molecule has 1 rings (SSSR count). The molecule has 0 heterocycles. The third-order valence-corrected chi connectivity index (χ3v) is 2.23. The Morgan fingerprint density at radius 1 is 1.33 bits per heavy atom. The maximum Gasteiger partial charge on any atom is 0.302 e. The van der Waals surface area contributed by atoms with E-state index < -0.39 is 30.4 Å². The highest BCUT2D eigenvalue weighted by Crippen LogP contribution is 2.20. The van der Waals surface area contributed by atoms with Gasteiger partial charge in [-0.25, -0.2) is 0 Å². The summed E-state index contributed by atoms with van der Waals surface area (Å²) < 4.78 is 4.61. The first-order valence-corrected chi connectivity index (χ1v) is 4.49. The second-order valence-electron chi connectivity index (χ2n) is 3.44. The zero-order chi connectivity index (χ0) is 11.6. The Hall–Kier alpha value is -0.950. The van der Waals surface area contributed by atoms with Crippen LogP contribution >= 0.6 is 0 Å². The minimum absolute atomic E-state index is 0.176. The molecule has 4 atom stereocenters. The van der Waals surface area contributed by atoms with E-state index >= 15 is 0 Å². The maximum atomic E-state index is 10.5. The summed E-state index contributed by atoms with van der Waals surface area (Å²) in [7, 11) is 0. The first-order chi connectivity index (χ1) is 6.93. The molecular formula is C9H14O6. The van der Waals surface area contributed by atoms with Crippen LogP contribution in [0.3, 0.4) is 0 Å². The fraction of sp³-hybridized carbons (Fsp3) is 0.667. The van der Waals surface area contributed by atoms with Gasteiger partial charge in [-0.05, 0) is 11.6 Å². The van der Waals surface area contributed by atoms with E-state index in [1.54, 1.807) is 0 Å². The van der Waals surface area contributed by atoms with E-state index in [1.165, 1.54) is 13.0 Å². The molecule has 0 aromatic carbocycles. The van der Waals surface area contributed by atoms with Gasteiger partial charge in [0.05, 0.1) is 0 Å². The lowest BCUT2D eigenvalue weighted by Gasteiger charge is -2.31. The Bertz CT molecular complexity index is 274. The molecule has 0 fully saturated rings. The van der Waals surface area contributed by atoms with Gasteiger partial charge < -0.3 is 25.2 Å². The fourth-order valence-electron chi connectivity index (χ4n) is 1.34. The molecule has 4 N–H and O–H groups in total. The van der Waals surface area contributed by atoms with Crippen LogP contribution in [0.25, 0.3) is 0 Å². The van der Waals surface area contributed by atoms with Crippen molar-refractivity contribution in [3.8, 4) is 0 Å². The summed E-state index contributed by atoms with van der Waals surface area (Å²) in [4.78, 5) is 10.5. The van der Waals surface area contributed by atoms with Crippen molar-refractivity contribution in [2.45, 2.75) is 31.3 Å². The maximum absolute atomic E-state index is 10.5. The number of ether oxygens (including phenoxy) is 1. The van der Waals surface area contributed by atoms with Crippen LogP contribution in [0.2, 0.25) is 0 Å². The van der Waals surface area contributed by atoms with Crippen molar-refractivity contribution >= 4 is 5.97 Å². The summed E-state index contributed by atoms with van der Waals surface area (Å²) in [5, 5.41) is 37.2. The summed E-state index contributed by atoms with van der Waals surface area (Å²) in [6.07, 6.45) is -4.33. The highest BCUT2D eigenvalue weighted by atomic mass is 16.5. The van der Waals surface area contributed by atoms with Crippen molar-refractivity contribution < 1.29 is 30.0 Å². The monoisotopic (exact) mass is 218 g/mol. The number of hydrogen-bond donors (Lipinski definition) is 4. The zero-order valence-corrected chi connectivity index (χ0v) is 8.20. The summed E-state index contributed by atoms with van der Waals surface area (Å²) in [5.74, 6) is -0.529. The topological polar surface area (TPSA) is 107 Å². The predicted molar refractivity (Wildman–Crippen MR) is 48.7 cm³/mol. The number of aliphatic hydroxyl groups excluding tert-OH is 4. The molecule has 0 amide bonds. The third kappa shape index (κ3) is 2.75. The molecule has 1 aliphatic carbocycles. The van der Waals surface area contributed by atoms with Gasteiger partial charge in [0.25, 0.3) is 0 Å². The van der Waals surface area contributed by atoms with Crippen LogP contribution in [-0.4, -0.2) is 57.4 Å². The Morgan fingerprint density at radius 2 is 1.93 bits per heavy atom. The Morgan fingerprint density at radius 3 is 2.47 bits per heavy atom. The quantitative estimate of drug-likeness (QED) is 0.313. The highest BCUT2D eigenvalue weighted by molar-refractivity contribution is 5.66. The van der Waals surface area contributed by atoms with Crippen LogP contribution in [-0.2, 0) is 9.53 Å². The molecule has 0 aromatic rings.